The molecule has 8 heteroatoms. The van der Waals surface area contributed by atoms with E-state index in [4.69, 9.17) is 0 Å². The second-order valence-corrected chi connectivity index (χ2v) is 8.80. The molecule has 6 nitrogen and oxygen atoms in total. The van der Waals surface area contributed by atoms with Crippen molar-refractivity contribution in [1.82, 2.24) is 19.5 Å². The van der Waals surface area contributed by atoms with Crippen molar-refractivity contribution in [2.45, 2.75) is 39.8 Å². The van der Waals surface area contributed by atoms with Gasteiger partial charge in [-0.15, -0.1) is 11.3 Å². The van der Waals surface area contributed by atoms with Crippen LogP contribution in [0.4, 0.5) is 0 Å². The highest BCUT2D eigenvalue weighted by atomic mass is 79.9. The molecule has 3 aromatic heterocycles. The molecule has 0 saturated heterocycles. The average Bonchev–Trinajstić information content (AvgIpc) is 3.27. The molecule has 0 aliphatic rings. The molecule has 0 atom stereocenters. The molecule has 4 aromatic rings. The van der Waals surface area contributed by atoms with E-state index in [1.165, 1.54) is 9.56 Å². The SMILES string of the molecule is CCc1cc2c(cc3c(=O)n(CC(=O)NCc4ccccc4Br)nc(CC)n32)s1. The maximum Gasteiger partial charge on any atom is 0.291 e. The lowest BCUT2D eigenvalue weighted by Crippen LogP contribution is -2.35. The predicted octanol–water partition coefficient (Wildman–Crippen LogP) is 3.91. The van der Waals surface area contributed by atoms with Crippen LogP contribution in [-0.2, 0) is 30.7 Å². The number of hydrogen-bond donors (Lipinski definition) is 1. The third kappa shape index (κ3) is 3.74. The molecule has 3 heterocycles. The molecule has 0 bridgehead atoms. The summed E-state index contributed by atoms with van der Waals surface area (Å²) < 4.78 is 5.22. The van der Waals surface area contributed by atoms with E-state index >= 15 is 0 Å². The summed E-state index contributed by atoms with van der Waals surface area (Å²) in [5, 5.41) is 7.35. The highest BCUT2D eigenvalue weighted by molar-refractivity contribution is 9.10. The van der Waals surface area contributed by atoms with E-state index in [2.05, 4.69) is 39.3 Å². The molecule has 0 aliphatic heterocycles. The quantitative estimate of drug-likeness (QED) is 0.462. The molecule has 4 rings (SSSR count). The maximum absolute atomic E-state index is 13.0. The van der Waals surface area contributed by atoms with Gasteiger partial charge in [0.1, 0.15) is 17.9 Å². The fraction of sp³-hybridized carbons (Fsp3) is 0.286. The Hall–Kier alpha value is -2.45. The van der Waals surface area contributed by atoms with Crippen LogP contribution >= 0.6 is 27.3 Å². The predicted molar refractivity (Wildman–Crippen MR) is 120 cm³/mol. The first-order valence-corrected chi connectivity index (χ1v) is 11.2. The summed E-state index contributed by atoms with van der Waals surface area (Å²) >= 11 is 5.17. The van der Waals surface area contributed by atoms with Gasteiger partial charge in [0.25, 0.3) is 5.56 Å². The summed E-state index contributed by atoms with van der Waals surface area (Å²) in [5.74, 6) is 0.525. The molecule has 0 saturated carbocycles. The lowest BCUT2D eigenvalue weighted by molar-refractivity contribution is -0.122. The Morgan fingerprint density at radius 2 is 1.97 bits per heavy atom. The van der Waals surface area contributed by atoms with Crippen molar-refractivity contribution in [3.8, 4) is 0 Å². The number of thiophene rings is 1. The van der Waals surface area contributed by atoms with Crippen LogP contribution in [0.3, 0.4) is 0 Å². The number of aryl methyl sites for hydroxylation is 2. The number of amides is 1. The smallest absolute Gasteiger partial charge is 0.291 e. The van der Waals surface area contributed by atoms with Crippen LogP contribution in [0.5, 0.6) is 0 Å². The third-order valence-electron chi connectivity index (χ3n) is 4.88. The Bertz CT molecular complexity index is 1270. The number of rotatable bonds is 6. The lowest BCUT2D eigenvalue weighted by Gasteiger charge is -2.11. The molecule has 29 heavy (non-hydrogen) atoms. The molecule has 0 spiro atoms. The monoisotopic (exact) mass is 472 g/mol. The van der Waals surface area contributed by atoms with E-state index in [1.54, 1.807) is 11.3 Å². The van der Waals surface area contributed by atoms with Crippen molar-refractivity contribution in [1.29, 1.82) is 0 Å². The van der Waals surface area contributed by atoms with E-state index in [0.29, 0.717) is 18.5 Å². The summed E-state index contributed by atoms with van der Waals surface area (Å²) in [4.78, 5) is 26.7. The normalized spacial score (nSPS) is 11.4. The first-order valence-electron chi connectivity index (χ1n) is 9.55. The molecular weight excluding hydrogens is 452 g/mol. The van der Waals surface area contributed by atoms with Gasteiger partial charge >= 0.3 is 0 Å². The van der Waals surface area contributed by atoms with Gasteiger partial charge in [-0.2, -0.15) is 5.10 Å². The Labute approximate surface area is 180 Å². The number of fused-ring (bicyclic) bond motifs is 3. The number of benzene rings is 1. The molecule has 1 aromatic carbocycles. The van der Waals surface area contributed by atoms with Crippen LogP contribution in [0.2, 0.25) is 0 Å². The minimum absolute atomic E-state index is 0.105. The van der Waals surface area contributed by atoms with Crippen molar-refractivity contribution in [2.24, 2.45) is 0 Å². The number of nitrogens with zero attached hydrogens (tertiary/aromatic N) is 3. The Morgan fingerprint density at radius 1 is 1.17 bits per heavy atom. The van der Waals surface area contributed by atoms with Crippen LogP contribution < -0.4 is 10.9 Å². The number of nitrogens with one attached hydrogen (secondary N) is 1. The summed E-state index contributed by atoms with van der Waals surface area (Å²) in [7, 11) is 0. The Kier molecular flexibility index (Phi) is 5.56. The molecule has 1 amide bonds. The van der Waals surface area contributed by atoms with Gasteiger partial charge in [-0.05, 0) is 30.2 Å². The van der Waals surface area contributed by atoms with E-state index in [9.17, 15) is 9.59 Å². The van der Waals surface area contributed by atoms with Crippen molar-refractivity contribution >= 4 is 48.9 Å². The van der Waals surface area contributed by atoms with Gasteiger partial charge in [-0.25, -0.2) is 4.68 Å². The number of carbonyl (C=O) groups excluding carboxylic acids is 1. The van der Waals surface area contributed by atoms with Gasteiger partial charge in [0.05, 0.1) is 10.2 Å². The van der Waals surface area contributed by atoms with E-state index < -0.39 is 0 Å². The van der Waals surface area contributed by atoms with Crippen LogP contribution in [0, 0.1) is 0 Å². The zero-order chi connectivity index (χ0) is 20.5. The van der Waals surface area contributed by atoms with Gasteiger partial charge < -0.3 is 5.32 Å². The molecule has 1 N–H and O–H groups in total. The van der Waals surface area contributed by atoms with Gasteiger partial charge in [0, 0.05) is 22.3 Å². The number of halogens is 1. The zero-order valence-electron chi connectivity index (χ0n) is 16.2. The first kappa shape index (κ1) is 19.8. The highest BCUT2D eigenvalue weighted by Crippen LogP contribution is 2.29. The number of hydrogen-bond acceptors (Lipinski definition) is 4. The molecule has 0 aliphatic carbocycles. The molecular formula is C21H21BrN4O2S. The first-order chi connectivity index (χ1) is 14.0. The molecule has 0 unspecified atom stereocenters. The van der Waals surface area contributed by atoms with Crippen LogP contribution in [0.15, 0.2) is 45.7 Å². The van der Waals surface area contributed by atoms with E-state index in [0.717, 1.165) is 32.5 Å². The number of carbonyl (C=O) groups is 1. The average molecular weight is 473 g/mol. The van der Waals surface area contributed by atoms with Crippen LogP contribution in [-0.4, -0.2) is 20.1 Å². The molecule has 0 radical (unpaired) electrons. The summed E-state index contributed by atoms with van der Waals surface area (Å²) in [6, 6.07) is 11.7. The van der Waals surface area contributed by atoms with Crippen molar-refractivity contribution < 1.29 is 4.79 Å². The second kappa shape index (κ2) is 8.12. The fourth-order valence-corrected chi connectivity index (χ4v) is 4.83. The van der Waals surface area contributed by atoms with E-state index in [-0.39, 0.29) is 18.0 Å². The largest absolute Gasteiger partial charge is 0.350 e. The van der Waals surface area contributed by atoms with Gasteiger partial charge in [0.15, 0.2) is 0 Å². The molecule has 0 fully saturated rings. The van der Waals surface area contributed by atoms with Gasteiger partial charge in [-0.1, -0.05) is 48.0 Å². The van der Waals surface area contributed by atoms with Crippen molar-refractivity contribution in [2.75, 3.05) is 0 Å². The summed E-state index contributed by atoms with van der Waals surface area (Å²) in [5.41, 5.74) is 2.32. The Balaban J connectivity index is 1.63. The minimum Gasteiger partial charge on any atom is -0.350 e. The van der Waals surface area contributed by atoms with Gasteiger partial charge in [-0.3, -0.25) is 14.0 Å². The summed E-state index contributed by atoms with van der Waals surface area (Å²) in [6.45, 7) is 4.41. The van der Waals surface area contributed by atoms with E-state index in [1.807, 2.05) is 41.7 Å². The zero-order valence-corrected chi connectivity index (χ0v) is 18.6. The van der Waals surface area contributed by atoms with Crippen molar-refractivity contribution in [3.63, 3.8) is 0 Å². The fourth-order valence-electron chi connectivity index (χ4n) is 3.38. The molecule has 150 valence electrons. The third-order valence-corrected chi connectivity index (χ3v) is 6.87. The van der Waals surface area contributed by atoms with Gasteiger partial charge in [0.2, 0.25) is 5.91 Å². The Morgan fingerprint density at radius 3 is 2.69 bits per heavy atom. The van der Waals surface area contributed by atoms with Crippen LogP contribution in [0.1, 0.15) is 30.1 Å². The van der Waals surface area contributed by atoms with Crippen LogP contribution in [0.25, 0.3) is 15.7 Å². The van der Waals surface area contributed by atoms with Crippen molar-refractivity contribution in [3.05, 3.63) is 67.5 Å². The minimum atomic E-state index is -0.250. The second-order valence-electron chi connectivity index (χ2n) is 6.78. The topological polar surface area (TPSA) is 68.4 Å². The highest BCUT2D eigenvalue weighted by Gasteiger charge is 2.17. The maximum atomic E-state index is 13.0. The summed E-state index contributed by atoms with van der Waals surface area (Å²) in [6.07, 6.45) is 1.63. The standard InChI is InChI=1S/C21H21BrN4O2S/c1-3-14-9-16-18(29-14)10-17-21(28)25(24-19(4-2)26(16)17)12-20(27)23-11-13-7-5-6-8-15(13)22/h5-10H,3-4,11-12H2,1-2H3,(H,23,27). The number of aromatic nitrogens is 3. The lowest BCUT2D eigenvalue weighted by atomic mass is 10.2.